The molecule has 1 saturated heterocycles. The van der Waals surface area contributed by atoms with E-state index < -0.39 is 0 Å². The molecule has 0 spiro atoms. The topological polar surface area (TPSA) is 58.6 Å². The van der Waals surface area contributed by atoms with Gasteiger partial charge in [-0.15, -0.1) is 0 Å². The van der Waals surface area contributed by atoms with Crippen molar-refractivity contribution in [1.29, 1.82) is 0 Å². The molecule has 20 heavy (non-hydrogen) atoms. The van der Waals surface area contributed by atoms with Crippen molar-refractivity contribution in [3.05, 3.63) is 0 Å². The van der Waals surface area contributed by atoms with Crippen LogP contribution in [0.1, 0.15) is 51.9 Å². The van der Waals surface area contributed by atoms with Crippen molar-refractivity contribution in [2.24, 2.45) is 5.92 Å². The predicted octanol–water partition coefficient (Wildman–Crippen LogP) is 2.30. The number of hydrogen-bond donors (Lipinski definition) is 1. The average molecular weight is 282 g/mol. The van der Waals surface area contributed by atoms with E-state index in [0.29, 0.717) is 19.1 Å². The molecule has 1 heterocycles. The van der Waals surface area contributed by atoms with Gasteiger partial charge in [-0.05, 0) is 32.6 Å². The Morgan fingerprint density at radius 1 is 1.15 bits per heavy atom. The van der Waals surface area contributed by atoms with Gasteiger partial charge in [0.15, 0.2) is 0 Å². The van der Waals surface area contributed by atoms with Gasteiger partial charge < -0.3 is 15.0 Å². The van der Waals surface area contributed by atoms with Crippen LogP contribution < -0.4 is 5.32 Å². The highest BCUT2D eigenvalue weighted by Crippen LogP contribution is 2.26. The lowest BCUT2D eigenvalue weighted by molar-refractivity contribution is -0.137. The minimum absolute atomic E-state index is 0.0374. The van der Waals surface area contributed by atoms with Crippen LogP contribution in [0.2, 0.25) is 0 Å². The zero-order valence-electron chi connectivity index (χ0n) is 12.4. The van der Waals surface area contributed by atoms with Crippen LogP contribution in [0, 0.1) is 5.92 Å². The number of hydrogen-bond acceptors (Lipinski definition) is 3. The van der Waals surface area contributed by atoms with E-state index in [9.17, 15) is 9.59 Å². The van der Waals surface area contributed by atoms with Gasteiger partial charge in [0.1, 0.15) is 0 Å². The number of amides is 2. The zero-order chi connectivity index (χ0) is 14.4. The summed E-state index contributed by atoms with van der Waals surface area (Å²) in [4.78, 5) is 25.9. The first-order valence-corrected chi connectivity index (χ1v) is 7.92. The minimum atomic E-state index is -0.371. The maximum absolute atomic E-state index is 12.5. The lowest BCUT2D eigenvalue weighted by Gasteiger charge is -2.36. The Labute approximate surface area is 121 Å². The van der Waals surface area contributed by atoms with Crippen LogP contribution in [0.4, 0.5) is 4.79 Å². The summed E-state index contributed by atoms with van der Waals surface area (Å²) < 4.78 is 4.90. The quantitative estimate of drug-likeness (QED) is 0.864. The Balaban J connectivity index is 1.82. The van der Waals surface area contributed by atoms with Gasteiger partial charge in [0.2, 0.25) is 5.91 Å². The lowest BCUT2D eigenvalue weighted by atomic mass is 9.87. The summed E-state index contributed by atoms with van der Waals surface area (Å²) in [6.45, 7) is 3.63. The molecule has 5 nitrogen and oxygen atoms in total. The molecule has 2 amide bonds. The van der Waals surface area contributed by atoms with Gasteiger partial charge in [-0.3, -0.25) is 4.79 Å². The second kappa shape index (κ2) is 7.50. The lowest BCUT2D eigenvalue weighted by Crippen LogP contribution is -2.51. The molecule has 5 heteroatoms. The first-order chi connectivity index (χ1) is 9.70. The van der Waals surface area contributed by atoms with E-state index in [-0.39, 0.29) is 18.1 Å². The van der Waals surface area contributed by atoms with Gasteiger partial charge in [-0.25, -0.2) is 4.79 Å². The maximum atomic E-state index is 12.5. The second-order valence-electron chi connectivity index (χ2n) is 5.82. The SMILES string of the molecule is CCOC(=O)N[C@@H]1CCCN(C(=O)C2CCCCC2)C1. The first-order valence-electron chi connectivity index (χ1n) is 7.92. The number of carbonyl (C=O) groups is 2. The molecule has 0 unspecified atom stereocenters. The average Bonchev–Trinajstić information content (AvgIpc) is 2.48. The van der Waals surface area contributed by atoms with Crippen molar-refractivity contribution in [2.45, 2.75) is 57.9 Å². The summed E-state index contributed by atoms with van der Waals surface area (Å²) in [5, 5.41) is 2.85. The Kier molecular flexibility index (Phi) is 5.68. The highest BCUT2D eigenvalue weighted by Gasteiger charge is 2.30. The van der Waals surface area contributed by atoms with Crippen LogP contribution in [-0.2, 0) is 9.53 Å². The van der Waals surface area contributed by atoms with Crippen LogP contribution in [0.3, 0.4) is 0 Å². The molecule has 0 aromatic carbocycles. The predicted molar refractivity (Wildman–Crippen MR) is 76.3 cm³/mol. The van der Waals surface area contributed by atoms with E-state index in [1.54, 1.807) is 6.92 Å². The smallest absolute Gasteiger partial charge is 0.407 e. The van der Waals surface area contributed by atoms with E-state index in [4.69, 9.17) is 4.74 Å². The monoisotopic (exact) mass is 282 g/mol. The molecule has 0 aromatic rings. The van der Waals surface area contributed by atoms with Gasteiger partial charge in [-0.2, -0.15) is 0 Å². The number of nitrogens with zero attached hydrogens (tertiary/aromatic N) is 1. The molecule has 2 fully saturated rings. The molecular formula is C15H26N2O3. The summed E-state index contributed by atoms with van der Waals surface area (Å²) >= 11 is 0. The number of rotatable bonds is 3. The Hall–Kier alpha value is -1.26. The Bertz CT molecular complexity index is 340. The summed E-state index contributed by atoms with van der Waals surface area (Å²) in [6, 6.07) is 0.0374. The molecule has 2 rings (SSSR count). The number of nitrogens with one attached hydrogen (secondary N) is 1. The fourth-order valence-electron chi connectivity index (χ4n) is 3.24. The van der Waals surface area contributed by atoms with Gasteiger partial charge >= 0.3 is 6.09 Å². The van der Waals surface area contributed by atoms with Crippen LogP contribution in [0.5, 0.6) is 0 Å². The normalized spacial score (nSPS) is 24.2. The molecule has 1 N–H and O–H groups in total. The standard InChI is InChI=1S/C15H26N2O3/c1-2-20-15(19)16-13-9-6-10-17(11-13)14(18)12-7-4-3-5-8-12/h12-13H,2-11H2,1H3,(H,16,19)/t13-/m1/s1. The maximum Gasteiger partial charge on any atom is 0.407 e. The molecule has 1 saturated carbocycles. The highest BCUT2D eigenvalue weighted by atomic mass is 16.5. The summed E-state index contributed by atoms with van der Waals surface area (Å²) in [5.41, 5.74) is 0. The number of ether oxygens (including phenoxy) is 1. The molecule has 1 aliphatic heterocycles. The van der Waals surface area contributed by atoms with Crippen molar-refractivity contribution in [3.8, 4) is 0 Å². The summed E-state index contributed by atoms with van der Waals surface area (Å²) in [7, 11) is 0. The van der Waals surface area contributed by atoms with Gasteiger partial charge in [0, 0.05) is 25.0 Å². The fourth-order valence-corrected chi connectivity index (χ4v) is 3.24. The van der Waals surface area contributed by atoms with E-state index in [0.717, 1.165) is 32.2 Å². The van der Waals surface area contributed by atoms with Crippen molar-refractivity contribution >= 4 is 12.0 Å². The van der Waals surface area contributed by atoms with E-state index in [1.165, 1.54) is 19.3 Å². The first kappa shape index (κ1) is 15.1. The molecule has 1 aliphatic carbocycles. The van der Waals surface area contributed by atoms with Crippen molar-refractivity contribution in [1.82, 2.24) is 10.2 Å². The van der Waals surface area contributed by atoms with Crippen LogP contribution in [0.25, 0.3) is 0 Å². The third-order valence-corrected chi connectivity index (χ3v) is 4.28. The third kappa shape index (κ3) is 4.12. The number of piperidine rings is 1. The number of carbonyl (C=O) groups excluding carboxylic acids is 2. The van der Waals surface area contributed by atoms with Gasteiger partial charge in [0.25, 0.3) is 0 Å². The molecule has 0 aromatic heterocycles. The minimum Gasteiger partial charge on any atom is -0.450 e. The Morgan fingerprint density at radius 2 is 1.90 bits per heavy atom. The molecular weight excluding hydrogens is 256 g/mol. The fraction of sp³-hybridized carbons (Fsp3) is 0.867. The van der Waals surface area contributed by atoms with Crippen molar-refractivity contribution in [2.75, 3.05) is 19.7 Å². The largest absolute Gasteiger partial charge is 0.450 e. The molecule has 1 atom stereocenters. The van der Waals surface area contributed by atoms with E-state index >= 15 is 0 Å². The molecule has 2 aliphatic rings. The van der Waals surface area contributed by atoms with Crippen molar-refractivity contribution in [3.63, 3.8) is 0 Å². The third-order valence-electron chi connectivity index (χ3n) is 4.28. The van der Waals surface area contributed by atoms with Crippen LogP contribution in [-0.4, -0.2) is 42.6 Å². The zero-order valence-corrected chi connectivity index (χ0v) is 12.4. The van der Waals surface area contributed by atoms with E-state index in [1.807, 2.05) is 4.90 Å². The van der Waals surface area contributed by atoms with Gasteiger partial charge in [0.05, 0.1) is 6.61 Å². The Morgan fingerprint density at radius 3 is 2.60 bits per heavy atom. The van der Waals surface area contributed by atoms with Crippen LogP contribution >= 0.6 is 0 Å². The molecule has 0 radical (unpaired) electrons. The number of likely N-dealkylation sites (tertiary alicyclic amines) is 1. The summed E-state index contributed by atoms with van der Waals surface area (Å²) in [5.74, 6) is 0.505. The van der Waals surface area contributed by atoms with Crippen molar-refractivity contribution < 1.29 is 14.3 Å². The summed E-state index contributed by atoms with van der Waals surface area (Å²) in [6.07, 6.45) is 7.18. The molecule has 114 valence electrons. The van der Waals surface area contributed by atoms with E-state index in [2.05, 4.69) is 5.32 Å². The molecule has 0 bridgehead atoms. The highest BCUT2D eigenvalue weighted by molar-refractivity contribution is 5.79. The van der Waals surface area contributed by atoms with Gasteiger partial charge in [-0.1, -0.05) is 19.3 Å². The second-order valence-corrected chi connectivity index (χ2v) is 5.82. The number of alkyl carbamates (subject to hydrolysis) is 1. The van der Waals surface area contributed by atoms with Crippen LogP contribution in [0.15, 0.2) is 0 Å².